The zero-order valence-corrected chi connectivity index (χ0v) is 13.3. The van der Waals surface area contributed by atoms with Gasteiger partial charge in [0.15, 0.2) is 11.5 Å². The van der Waals surface area contributed by atoms with Crippen LogP contribution in [0.4, 0.5) is 20.2 Å². The molecule has 6 heteroatoms. The van der Waals surface area contributed by atoms with Crippen LogP contribution in [0.25, 0.3) is 11.1 Å². The quantitative estimate of drug-likeness (QED) is 0.717. The molecule has 1 aromatic heterocycles. The molecule has 0 unspecified atom stereocenters. The number of fused-ring (bicyclic) bond motifs is 1. The number of rotatable bonds is 2. The predicted molar refractivity (Wildman–Crippen MR) is 89.5 cm³/mol. The van der Waals surface area contributed by atoms with Gasteiger partial charge in [-0.3, -0.25) is 0 Å². The van der Waals surface area contributed by atoms with Gasteiger partial charge in [0.25, 0.3) is 0 Å². The summed E-state index contributed by atoms with van der Waals surface area (Å²) in [5.41, 5.74) is 2.67. The fourth-order valence-electron chi connectivity index (χ4n) is 3.15. The summed E-state index contributed by atoms with van der Waals surface area (Å²) in [4.78, 5) is 8.33. The zero-order chi connectivity index (χ0) is 16.7. The monoisotopic (exact) mass is 329 g/mol. The first-order chi connectivity index (χ1) is 11.6. The molecule has 2 aromatic carbocycles. The average molecular weight is 329 g/mol. The molecular formula is C18H17F2N3O. The Bertz CT molecular complexity index is 868. The van der Waals surface area contributed by atoms with Crippen molar-refractivity contribution in [2.24, 2.45) is 0 Å². The lowest BCUT2D eigenvalue weighted by atomic mass is 10.2. The molecule has 3 aromatic rings. The van der Waals surface area contributed by atoms with Gasteiger partial charge < -0.3 is 14.2 Å². The second kappa shape index (κ2) is 5.78. The average Bonchev–Trinajstić information content (AvgIpc) is 2.94. The largest absolute Gasteiger partial charge is 0.441 e. The van der Waals surface area contributed by atoms with Crippen molar-refractivity contribution < 1.29 is 13.2 Å². The number of hydrogen-bond acceptors (Lipinski definition) is 4. The summed E-state index contributed by atoms with van der Waals surface area (Å²) in [5.74, 6) is 0.00354. The van der Waals surface area contributed by atoms with Crippen LogP contribution in [0.15, 0.2) is 40.8 Å². The summed E-state index contributed by atoms with van der Waals surface area (Å²) in [6.45, 7) is 4.62. The highest BCUT2D eigenvalue weighted by atomic mass is 19.1. The Balaban J connectivity index is 1.53. The molecule has 0 aliphatic carbocycles. The van der Waals surface area contributed by atoms with E-state index in [1.54, 1.807) is 25.1 Å². The maximum Gasteiger partial charge on any atom is 0.192 e. The first-order valence-corrected chi connectivity index (χ1v) is 7.92. The predicted octanol–water partition coefficient (Wildman–Crippen LogP) is 3.74. The number of benzene rings is 2. The highest BCUT2D eigenvalue weighted by Crippen LogP contribution is 2.28. The van der Waals surface area contributed by atoms with Crippen LogP contribution >= 0.6 is 0 Å². The van der Waals surface area contributed by atoms with Crippen LogP contribution in [0, 0.1) is 18.6 Å². The molecule has 124 valence electrons. The van der Waals surface area contributed by atoms with E-state index in [1.807, 2.05) is 4.90 Å². The number of oxazole rings is 1. The van der Waals surface area contributed by atoms with Crippen molar-refractivity contribution in [1.29, 1.82) is 0 Å². The minimum Gasteiger partial charge on any atom is -0.441 e. The van der Waals surface area contributed by atoms with Crippen LogP contribution in [0.3, 0.4) is 0 Å². The first-order valence-electron chi connectivity index (χ1n) is 7.92. The number of hydrogen-bond donors (Lipinski definition) is 0. The van der Waals surface area contributed by atoms with Crippen molar-refractivity contribution in [2.75, 3.05) is 36.0 Å². The van der Waals surface area contributed by atoms with Crippen LogP contribution in [-0.4, -0.2) is 31.2 Å². The molecule has 1 aliphatic heterocycles. The SMILES string of the molecule is Cc1nc2cc(F)c(N3CCN(c4ccc(F)cc4)CC3)cc2o1. The van der Waals surface area contributed by atoms with Gasteiger partial charge in [0.05, 0.1) is 5.69 Å². The van der Waals surface area contributed by atoms with Crippen LogP contribution in [0.2, 0.25) is 0 Å². The van der Waals surface area contributed by atoms with Crippen molar-refractivity contribution in [1.82, 2.24) is 4.98 Å². The minimum absolute atomic E-state index is 0.241. The fraction of sp³-hybridized carbons (Fsp3) is 0.278. The van der Waals surface area contributed by atoms with Crippen LogP contribution in [0.1, 0.15) is 5.89 Å². The maximum atomic E-state index is 14.4. The Morgan fingerprint density at radius 2 is 1.62 bits per heavy atom. The third-order valence-corrected chi connectivity index (χ3v) is 4.38. The van der Waals surface area contributed by atoms with Crippen LogP contribution in [-0.2, 0) is 0 Å². The Morgan fingerprint density at radius 1 is 0.958 bits per heavy atom. The maximum absolute atomic E-state index is 14.4. The lowest BCUT2D eigenvalue weighted by molar-refractivity contribution is 0.559. The third-order valence-electron chi connectivity index (χ3n) is 4.38. The molecule has 0 bridgehead atoms. The van der Waals surface area contributed by atoms with E-state index in [4.69, 9.17) is 4.42 Å². The molecule has 1 fully saturated rings. The van der Waals surface area contributed by atoms with Crippen molar-refractivity contribution in [2.45, 2.75) is 6.92 Å². The van der Waals surface area contributed by atoms with Gasteiger partial charge in [-0.15, -0.1) is 0 Å². The summed E-state index contributed by atoms with van der Waals surface area (Å²) < 4.78 is 32.9. The van der Waals surface area contributed by atoms with Gasteiger partial charge in [0.1, 0.15) is 17.2 Å². The smallest absolute Gasteiger partial charge is 0.192 e. The summed E-state index contributed by atoms with van der Waals surface area (Å²) in [5, 5.41) is 0. The molecule has 24 heavy (non-hydrogen) atoms. The molecule has 1 saturated heterocycles. The Labute approximate surface area is 138 Å². The van der Waals surface area contributed by atoms with Crippen molar-refractivity contribution in [3.05, 3.63) is 53.9 Å². The highest BCUT2D eigenvalue weighted by molar-refractivity contribution is 5.78. The molecule has 2 heterocycles. The molecule has 4 nitrogen and oxygen atoms in total. The molecule has 1 aliphatic rings. The third kappa shape index (κ3) is 2.68. The number of halogens is 2. The summed E-state index contributed by atoms with van der Waals surface area (Å²) in [7, 11) is 0. The number of aryl methyl sites for hydroxylation is 1. The van der Waals surface area contributed by atoms with E-state index in [0.29, 0.717) is 35.8 Å². The van der Waals surface area contributed by atoms with Gasteiger partial charge in [-0.25, -0.2) is 13.8 Å². The molecule has 0 saturated carbocycles. The van der Waals surface area contributed by atoms with E-state index in [-0.39, 0.29) is 11.6 Å². The lowest BCUT2D eigenvalue weighted by Crippen LogP contribution is -2.46. The van der Waals surface area contributed by atoms with Crippen molar-refractivity contribution in [3.63, 3.8) is 0 Å². The molecular weight excluding hydrogens is 312 g/mol. The second-order valence-electron chi connectivity index (χ2n) is 5.95. The van der Waals surface area contributed by atoms with Gasteiger partial charge in [-0.1, -0.05) is 0 Å². The highest BCUT2D eigenvalue weighted by Gasteiger charge is 2.21. The van der Waals surface area contributed by atoms with Gasteiger partial charge in [-0.2, -0.15) is 0 Å². The summed E-state index contributed by atoms with van der Waals surface area (Å²) in [6, 6.07) is 9.61. The molecule has 4 rings (SSSR count). The Morgan fingerprint density at radius 3 is 2.33 bits per heavy atom. The van der Waals surface area contributed by atoms with E-state index in [0.717, 1.165) is 18.8 Å². The number of anilines is 2. The van der Waals surface area contributed by atoms with E-state index in [1.165, 1.54) is 18.2 Å². The molecule has 0 amide bonds. The van der Waals surface area contributed by atoms with Crippen LogP contribution < -0.4 is 9.80 Å². The van der Waals surface area contributed by atoms with E-state index < -0.39 is 0 Å². The van der Waals surface area contributed by atoms with Crippen LogP contribution in [0.5, 0.6) is 0 Å². The molecule has 0 spiro atoms. The van der Waals surface area contributed by atoms with Gasteiger partial charge in [0, 0.05) is 50.9 Å². The number of aromatic nitrogens is 1. The van der Waals surface area contributed by atoms with E-state index >= 15 is 0 Å². The lowest BCUT2D eigenvalue weighted by Gasteiger charge is -2.37. The van der Waals surface area contributed by atoms with E-state index in [9.17, 15) is 8.78 Å². The standard InChI is InChI=1S/C18H17F2N3O/c1-12-21-16-10-15(20)17(11-18(16)24-12)23-8-6-22(7-9-23)14-4-2-13(19)3-5-14/h2-5,10-11H,6-9H2,1H3. The van der Waals surface area contributed by atoms with Crippen molar-refractivity contribution in [3.8, 4) is 0 Å². The Kier molecular flexibility index (Phi) is 3.59. The van der Waals surface area contributed by atoms with E-state index in [2.05, 4.69) is 9.88 Å². The Hall–Kier alpha value is -2.63. The minimum atomic E-state index is -0.286. The molecule has 0 radical (unpaired) electrons. The number of piperazine rings is 1. The first kappa shape index (κ1) is 14.9. The van der Waals surface area contributed by atoms with Gasteiger partial charge in [0.2, 0.25) is 0 Å². The number of nitrogens with zero attached hydrogens (tertiary/aromatic N) is 3. The summed E-state index contributed by atoms with van der Waals surface area (Å²) in [6.07, 6.45) is 0. The zero-order valence-electron chi connectivity index (χ0n) is 13.3. The fourth-order valence-corrected chi connectivity index (χ4v) is 3.15. The topological polar surface area (TPSA) is 32.5 Å². The molecule has 0 atom stereocenters. The molecule has 0 N–H and O–H groups in total. The van der Waals surface area contributed by atoms with Gasteiger partial charge in [-0.05, 0) is 24.3 Å². The summed E-state index contributed by atoms with van der Waals surface area (Å²) >= 11 is 0. The second-order valence-corrected chi connectivity index (χ2v) is 5.95. The van der Waals surface area contributed by atoms with Gasteiger partial charge >= 0.3 is 0 Å². The normalized spacial score (nSPS) is 15.3. The van der Waals surface area contributed by atoms with Crippen molar-refractivity contribution >= 4 is 22.5 Å².